The number of nitrogens with two attached hydrogens (primary N) is 1. The molecular weight excluding hydrogens is 386 g/mol. The Balaban J connectivity index is 2.07. The molecule has 160 valence electrons. The first-order valence-corrected chi connectivity index (χ1v) is 9.54. The predicted octanol–water partition coefficient (Wildman–Crippen LogP) is 1.42. The molecule has 0 saturated carbocycles. The van der Waals surface area contributed by atoms with Crippen molar-refractivity contribution in [2.75, 3.05) is 13.7 Å². The molecule has 0 saturated heterocycles. The maximum absolute atomic E-state index is 12.6. The highest BCUT2D eigenvalue weighted by Gasteiger charge is 2.20. The second-order valence-electron chi connectivity index (χ2n) is 6.99. The summed E-state index contributed by atoms with van der Waals surface area (Å²) in [7, 11) is 1.43. The van der Waals surface area contributed by atoms with Gasteiger partial charge in [0.25, 0.3) is 11.8 Å². The lowest BCUT2D eigenvalue weighted by Gasteiger charge is -2.17. The van der Waals surface area contributed by atoms with Crippen LogP contribution in [0.4, 0.5) is 0 Å². The molecule has 3 amide bonds. The molecule has 0 heterocycles. The van der Waals surface area contributed by atoms with Gasteiger partial charge in [0.1, 0.15) is 6.04 Å². The maximum Gasteiger partial charge on any atom is 0.258 e. The smallest absolute Gasteiger partial charge is 0.258 e. The Morgan fingerprint density at radius 3 is 2.30 bits per heavy atom. The van der Waals surface area contributed by atoms with Crippen molar-refractivity contribution in [1.29, 1.82) is 0 Å². The van der Waals surface area contributed by atoms with E-state index >= 15 is 0 Å². The number of amides is 3. The van der Waals surface area contributed by atoms with Gasteiger partial charge in [-0.25, -0.2) is 0 Å². The minimum atomic E-state index is -0.860. The molecule has 0 fully saturated rings. The normalized spacial score (nSPS) is 11.5. The minimum Gasteiger partial charge on any atom is -0.493 e. The first kappa shape index (κ1) is 22.7. The van der Waals surface area contributed by atoms with Crippen LogP contribution in [-0.4, -0.2) is 43.5 Å². The van der Waals surface area contributed by atoms with E-state index in [2.05, 4.69) is 10.6 Å². The van der Waals surface area contributed by atoms with Crippen molar-refractivity contribution in [2.45, 2.75) is 32.4 Å². The summed E-state index contributed by atoms with van der Waals surface area (Å²) < 4.78 is 10.8. The van der Waals surface area contributed by atoms with Crippen molar-refractivity contribution in [3.63, 3.8) is 0 Å². The van der Waals surface area contributed by atoms with E-state index in [4.69, 9.17) is 15.2 Å². The zero-order valence-corrected chi connectivity index (χ0v) is 17.3. The lowest BCUT2D eigenvalue weighted by molar-refractivity contribution is -0.123. The topological polar surface area (TPSA) is 120 Å². The fourth-order valence-corrected chi connectivity index (χ4v) is 2.75. The Labute approximate surface area is 175 Å². The SMILES string of the molecule is COc1cc(C(=O)NC(Cc2ccccc2)C(N)=O)ccc1OCC(=O)NC(C)C. The molecule has 8 nitrogen and oxygen atoms in total. The van der Waals surface area contributed by atoms with E-state index < -0.39 is 17.9 Å². The summed E-state index contributed by atoms with van der Waals surface area (Å²) in [5, 5.41) is 5.37. The van der Waals surface area contributed by atoms with Crippen LogP contribution in [0.5, 0.6) is 11.5 Å². The third-order valence-electron chi connectivity index (χ3n) is 4.17. The molecule has 0 aromatic heterocycles. The van der Waals surface area contributed by atoms with Gasteiger partial charge in [0.15, 0.2) is 18.1 Å². The van der Waals surface area contributed by atoms with Gasteiger partial charge in [-0.2, -0.15) is 0 Å². The van der Waals surface area contributed by atoms with E-state index in [9.17, 15) is 14.4 Å². The summed E-state index contributed by atoms with van der Waals surface area (Å²) in [5.41, 5.74) is 6.60. The summed E-state index contributed by atoms with van der Waals surface area (Å²) in [6, 6.07) is 12.9. The molecule has 0 aliphatic carbocycles. The number of primary amides is 1. The zero-order valence-electron chi connectivity index (χ0n) is 17.3. The van der Waals surface area contributed by atoms with Gasteiger partial charge in [-0.1, -0.05) is 30.3 Å². The molecule has 0 aliphatic rings. The summed E-state index contributed by atoms with van der Waals surface area (Å²) in [4.78, 5) is 36.2. The fraction of sp³-hybridized carbons (Fsp3) is 0.318. The average Bonchev–Trinajstić information content (AvgIpc) is 2.71. The molecule has 30 heavy (non-hydrogen) atoms. The summed E-state index contributed by atoms with van der Waals surface area (Å²) in [6.07, 6.45) is 0.283. The molecule has 2 aromatic carbocycles. The summed E-state index contributed by atoms with van der Waals surface area (Å²) in [6.45, 7) is 3.52. The van der Waals surface area contributed by atoms with Crippen molar-refractivity contribution in [2.24, 2.45) is 5.73 Å². The summed E-state index contributed by atoms with van der Waals surface area (Å²) in [5.74, 6) is -0.756. The first-order valence-electron chi connectivity index (χ1n) is 9.54. The van der Waals surface area contributed by atoms with Crippen molar-refractivity contribution in [3.8, 4) is 11.5 Å². The Hall–Kier alpha value is -3.55. The number of ether oxygens (including phenoxy) is 2. The van der Waals surface area contributed by atoms with Crippen LogP contribution in [0.1, 0.15) is 29.8 Å². The van der Waals surface area contributed by atoms with Crippen LogP contribution >= 0.6 is 0 Å². The second-order valence-corrected chi connectivity index (χ2v) is 6.99. The number of rotatable bonds is 10. The molecule has 1 atom stereocenters. The van der Waals surface area contributed by atoms with E-state index in [1.165, 1.54) is 25.3 Å². The van der Waals surface area contributed by atoms with E-state index in [0.717, 1.165) is 5.56 Å². The van der Waals surface area contributed by atoms with Crippen LogP contribution in [0.15, 0.2) is 48.5 Å². The van der Waals surface area contributed by atoms with Crippen molar-refractivity contribution in [3.05, 3.63) is 59.7 Å². The molecule has 2 aromatic rings. The largest absolute Gasteiger partial charge is 0.493 e. The number of hydrogen-bond donors (Lipinski definition) is 3. The highest BCUT2D eigenvalue weighted by atomic mass is 16.5. The Kier molecular flexibility index (Phi) is 8.22. The summed E-state index contributed by atoms with van der Waals surface area (Å²) >= 11 is 0. The Bertz CT molecular complexity index is 884. The molecular formula is C22H27N3O5. The van der Waals surface area contributed by atoms with E-state index in [-0.39, 0.29) is 30.5 Å². The number of carbonyl (C=O) groups is 3. The lowest BCUT2D eigenvalue weighted by Crippen LogP contribution is -2.45. The van der Waals surface area contributed by atoms with Gasteiger partial charge in [-0.05, 0) is 37.6 Å². The average molecular weight is 413 g/mol. The molecule has 2 rings (SSSR count). The standard InChI is InChI=1S/C22H27N3O5/c1-14(2)24-20(26)13-30-18-10-9-16(12-19(18)29-3)22(28)25-17(21(23)27)11-15-7-5-4-6-8-15/h4-10,12,14,17H,11,13H2,1-3H3,(H2,23,27)(H,24,26)(H,25,28). The van der Waals surface area contributed by atoms with Gasteiger partial charge >= 0.3 is 0 Å². The second kappa shape index (κ2) is 10.8. The number of hydrogen-bond acceptors (Lipinski definition) is 5. The first-order chi connectivity index (χ1) is 14.3. The van der Waals surface area contributed by atoms with Crippen molar-refractivity contribution < 1.29 is 23.9 Å². The Morgan fingerprint density at radius 2 is 1.70 bits per heavy atom. The number of nitrogens with one attached hydrogen (secondary N) is 2. The minimum absolute atomic E-state index is 0.00292. The third-order valence-corrected chi connectivity index (χ3v) is 4.17. The van der Waals surface area contributed by atoms with Gasteiger partial charge in [0.05, 0.1) is 7.11 Å². The number of carbonyl (C=O) groups excluding carboxylic acids is 3. The van der Waals surface area contributed by atoms with Crippen LogP contribution in [0, 0.1) is 0 Å². The van der Waals surface area contributed by atoms with Crippen LogP contribution < -0.4 is 25.8 Å². The van der Waals surface area contributed by atoms with Crippen molar-refractivity contribution >= 4 is 17.7 Å². The molecule has 0 radical (unpaired) electrons. The highest BCUT2D eigenvalue weighted by Crippen LogP contribution is 2.28. The molecule has 0 aliphatic heterocycles. The lowest BCUT2D eigenvalue weighted by atomic mass is 10.0. The molecule has 1 unspecified atom stereocenters. The van der Waals surface area contributed by atoms with Crippen LogP contribution in [-0.2, 0) is 16.0 Å². The fourth-order valence-electron chi connectivity index (χ4n) is 2.75. The van der Waals surface area contributed by atoms with Gasteiger partial charge in [0, 0.05) is 18.0 Å². The van der Waals surface area contributed by atoms with Gasteiger partial charge in [-0.15, -0.1) is 0 Å². The predicted molar refractivity (Wildman–Crippen MR) is 112 cm³/mol. The van der Waals surface area contributed by atoms with Gasteiger partial charge < -0.3 is 25.8 Å². The van der Waals surface area contributed by atoms with Gasteiger partial charge in [0.2, 0.25) is 5.91 Å². The van der Waals surface area contributed by atoms with E-state index in [1.54, 1.807) is 0 Å². The molecule has 8 heteroatoms. The maximum atomic E-state index is 12.6. The van der Waals surface area contributed by atoms with Crippen LogP contribution in [0.2, 0.25) is 0 Å². The highest BCUT2D eigenvalue weighted by molar-refractivity contribution is 5.98. The van der Waals surface area contributed by atoms with Crippen molar-refractivity contribution in [1.82, 2.24) is 10.6 Å². The quantitative estimate of drug-likeness (QED) is 0.544. The van der Waals surface area contributed by atoms with E-state index in [0.29, 0.717) is 11.5 Å². The zero-order chi connectivity index (χ0) is 22.1. The monoisotopic (exact) mass is 413 g/mol. The molecule has 0 bridgehead atoms. The number of benzene rings is 2. The van der Waals surface area contributed by atoms with Crippen LogP contribution in [0.3, 0.4) is 0 Å². The van der Waals surface area contributed by atoms with Crippen LogP contribution in [0.25, 0.3) is 0 Å². The third kappa shape index (κ3) is 6.80. The number of methoxy groups -OCH3 is 1. The molecule has 0 spiro atoms. The van der Waals surface area contributed by atoms with Gasteiger partial charge in [-0.3, -0.25) is 14.4 Å². The molecule has 4 N–H and O–H groups in total. The van der Waals surface area contributed by atoms with E-state index in [1.807, 2.05) is 44.2 Å². The Morgan fingerprint density at radius 1 is 1.00 bits per heavy atom.